The van der Waals surface area contributed by atoms with E-state index in [9.17, 15) is 0 Å². The quantitative estimate of drug-likeness (QED) is 0.797. The molecule has 17 heavy (non-hydrogen) atoms. The SMILES string of the molecule is CSCC(C)Nc1nnc(C)c(C)c1C(N)=S. The summed E-state index contributed by atoms with van der Waals surface area (Å²) in [4.78, 5) is 0.361. The Labute approximate surface area is 112 Å². The number of hydrogen-bond acceptors (Lipinski definition) is 5. The van der Waals surface area contributed by atoms with Crippen LogP contribution in [0.5, 0.6) is 0 Å². The lowest BCUT2D eigenvalue weighted by Crippen LogP contribution is -2.24. The Morgan fingerprint density at radius 1 is 1.47 bits per heavy atom. The molecule has 0 radical (unpaired) electrons. The predicted molar refractivity (Wildman–Crippen MR) is 78.9 cm³/mol. The van der Waals surface area contributed by atoms with Crippen LogP contribution < -0.4 is 11.1 Å². The molecule has 0 aliphatic heterocycles. The van der Waals surface area contributed by atoms with E-state index in [0.717, 1.165) is 22.6 Å². The van der Waals surface area contributed by atoms with Crippen LogP contribution in [0.2, 0.25) is 0 Å². The number of hydrogen-bond donors (Lipinski definition) is 2. The number of thioether (sulfide) groups is 1. The van der Waals surface area contributed by atoms with Gasteiger partial charge in [0.25, 0.3) is 0 Å². The summed E-state index contributed by atoms with van der Waals surface area (Å²) in [5.74, 6) is 1.67. The topological polar surface area (TPSA) is 63.8 Å². The van der Waals surface area contributed by atoms with E-state index in [1.54, 1.807) is 11.8 Å². The number of nitrogens with two attached hydrogens (primary N) is 1. The summed E-state index contributed by atoms with van der Waals surface area (Å²) < 4.78 is 0. The van der Waals surface area contributed by atoms with Crippen LogP contribution in [-0.2, 0) is 0 Å². The van der Waals surface area contributed by atoms with Crippen molar-refractivity contribution in [2.24, 2.45) is 5.73 Å². The Hall–Kier alpha value is -0.880. The molecule has 1 unspecified atom stereocenters. The summed E-state index contributed by atoms with van der Waals surface area (Å²) in [6.07, 6.45) is 2.07. The summed E-state index contributed by atoms with van der Waals surface area (Å²) >= 11 is 6.85. The molecule has 0 bridgehead atoms. The lowest BCUT2D eigenvalue weighted by molar-refractivity contribution is 0.871. The van der Waals surface area contributed by atoms with Gasteiger partial charge in [-0.1, -0.05) is 12.2 Å². The highest BCUT2D eigenvalue weighted by atomic mass is 32.2. The summed E-state index contributed by atoms with van der Waals surface area (Å²) in [6.45, 7) is 5.96. The maximum atomic E-state index is 5.75. The largest absolute Gasteiger partial charge is 0.389 e. The van der Waals surface area contributed by atoms with Crippen LogP contribution >= 0.6 is 24.0 Å². The molecule has 1 atom stereocenters. The number of aryl methyl sites for hydroxylation is 1. The molecule has 1 aromatic heterocycles. The second-order valence-electron chi connectivity index (χ2n) is 4.00. The van der Waals surface area contributed by atoms with Gasteiger partial charge >= 0.3 is 0 Å². The fourth-order valence-corrected chi connectivity index (χ4v) is 2.37. The van der Waals surface area contributed by atoms with Crippen LogP contribution in [-0.4, -0.2) is 33.2 Å². The van der Waals surface area contributed by atoms with E-state index in [1.807, 2.05) is 13.8 Å². The van der Waals surface area contributed by atoms with Crippen LogP contribution in [0, 0.1) is 13.8 Å². The molecule has 0 spiro atoms. The van der Waals surface area contributed by atoms with Crippen LogP contribution in [0.15, 0.2) is 0 Å². The average Bonchev–Trinajstić information content (AvgIpc) is 2.23. The molecular formula is C11H18N4S2. The number of rotatable bonds is 5. The van der Waals surface area contributed by atoms with Crippen molar-refractivity contribution in [3.8, 4) is 0 Å². The Morgan fingerprint density at radius 2 is 2.12 bits per heavy atom. The molecule has 4 nitrogen and oxygen atoms in total. The maximum absolute atomic E-state index is 5.75. The number of nitrogens with one attached hydrogen (secondary N) is 1. The van der Waals surface area contributed by atoms with Crippen LogP contribution in [0.25, 0.3) is 0 Å². The van der Waals surface area contributed by atoms with E-state index in [4.69, 9.17) is 18.0 Å². The summed E-state index contributed by atoms with van der Waals surface area (Å²) in [5, 5.41) is 11.5. The van der Waals surface area contributed by atoms with Crippen molar-refractivity contribution in [3.05, 3.63) is 16.8 Å². The maximum Gasteiger partial charge on any atom is 0.159 e. The van der Waals surface area contributed by atoms with Crippen molar-refractivity contribution in [2.75, 3.05) is 17.3 Å². The van der Waals surface area contributed by atoms with E-state index in [2.05, 4.69) is 28.7 Å². The normalized spacial score (nSPS) is 12.2. The Bertz CT molecular complexity index is 420. The summed E-state index contributed by atoms with van der Waals surface area (Å²) in [5.41, 5.74) is 8.41. The van der Waals surface area contributed by atoms with Crippen LogP contribution in [0.1, 0.15) is 23.7 Å². The standard InChI is InChI=1S/C11H18N4S2/c1-6(5-17-4)13-11-9(10(12)16)7(2)8(3)14-15-11/h6H,5H2,1-4H3,(H2,12,16)(H,13,15). The van der Waals surface area contributed by atoms with Crippen LogP contribution in [0.4, 0.5) is 5.82 Å². The fraction of sp³-hybridized carbons (Fsp3) is 0.545. The Morgan fingerprint density at radius 3 is 2.65 bits per heavy atom. The molecule has 1 rings (SSSR count). The second-order valence-corrected chi connectivity index (χ2v) is 5.35. The number of aromatic nitrogens is 2. The molecule has 0 amide bonds. The number of thiocarbonyl (C=S) groups is 1. The minimum Gasteiger partial charge on any atom is -0.389 e. The van der Waals surface area contributed by atoms with E-state index in [1.165, 1.54) is 0 Å². The van der Waals surface area contributed by atoms with E-state index >= 15 is 0 Å². The molecule has 0 aliphatic carbocycles. The third-order valence-corrected chi connectivity index (χ3v) is 3.54. The van der Waals surface area contributed by atoms with E-state index in [-0.39, 0.29) is 0 Å². The van der Waals surface area contributed by atoms with Gasteiger partial charge in [0.1, 0.15) is 4.99 Å². The molecule has 0 saturated carbocycles. The average molecular weight is 270 g/mol. The molecule has 0 aromatic carbocycles. The third-order valence-electron chi connectivity index (χ3n) is 2.50. The molecular weight excluding hydrogens is 252 g/mol. The van der Waals surface area contributed by atoms with Gasteiger partial charge in [-0.25, -0.2) is 0 Å². The first-order valence-corrected chi connectivity index (χ1v) is 7.16. The molecule has 3 N–H and O–H groups in total. The van der Waals surface area contributed by atoms with Gasteiger partial charge in [-0.3, -0.25) is 0 Å². The summed E-state index contributed by atoms with van der Waals surface area (Å²) in [7, 11) is 0. The molecule has 0 saturated heterocycles. The van der Waals surface area contributed by atoms with Gasteiger partial charge in [-0.05, 0) is 32.6 Å². The van der Waals surface area contributed by atoms with Crippen molar-refractivity contribution in [1.82, 2.24) is 10.2 Å². The lowest BCUT2D eigenvalue weighted by Gasteiger charge is -2.17. The third kappa shape index (κ3) is 3.54. The first kappa shape index (κ1) is 14.2. The zero-order valence-corrected chi connectivity index (χ0v) is 12.2. The molecule has 1 aromatic rings. The summed E-state index contributed by atoms with van der Waals surface area (Å²) in [6, 6.07) is 0.300. The van der Waals surface area contributed by atoms with Gasteiger partial charge < -0.3 is 11.1 Å². The zero-order chi connectivity index (χ0) is 13.0. The van der Waals surface area contributed by atoms with Crippen molar-refractivity contribution in [3.63, 3.8) is 0 Å². The zero-order valence-electron chi connectivity index (χ0n) is 10.6. The molecule has 94 valence electrons. The minimum atomic E-state index is 0.300. The minimum absolute atomic E-state index is 0.300. The predicted octanol–water partition coefficient (Wildman–Crippen LogP) is 1.89. The van der Waals surface area contributed by atoms with E-state index in [0.29, 0.717) is 16.8 Å². The monoisotopic (exact) mass is 270 g/mol. The second kappa shape index (κ2) is 6.16. The van der Waals surface area contributed by atoms with Gasteiger partial charge in [0.2, 0.25) is 0 Å². The first-order chi connectivity index (χ1) is 7.97. The van der Waals surface area contributed by atoms with Gasteiger partial charge in [-0.2, -0.15) is 16.9 Å². The van der Waals surface area contributed by atoms with E-state index < -0.39 is 0 Å². The van der Waals surface area contributed by atoms with Gasteiger partial charge in [-0.15, -0.1) is 5.10 Å². The number of nitrogens with zero attached hydrogens (tertiary/aromatic N) is 2. The molecule has 1 heterocycles. The van der Waals surface area contributed by atoms with Gasteiger partial charge in [0.05, 0.1) is 11.3 Å². The smallest absolute Gasteiger partial charge is 0.159 e. The first-order valence-electron chi connectivity index (χ1n) is 5.36. The molecule has 0 aliphatic rings. The van der Waals surface area contributed by atoms with Crippen molar-refractivity contribution >= 4 is 34.8 Å². The highest BCUT2D eigenvalue weighted by molar-refractivity contribution is 7.98. The van der Waals surface area contributed by atoms with Crippen molar-refractivity contribution in [2.45, 2.75) is 26.8 Å². The number of anilines is 1. The highest BCUT2D eigenvalue weighted by Crippen LogP contribution is 2.19. The Kier molecular flexibility index (Phi) is 5.14. The highest BCUT2D eigenvalue weighted by Gasteiger charge is 2.14. The van der Waals surface area contributed by atoms with Gasteiger partial charge in [0.15, 0.2) is 5.82 Å². The molecule has 0 fully saturated rings. The molecule has 6 heteroatoms. The van der Waals surface area contributed by atoms with Crippen LogP contribution in [0.3, 0.4) is 0 Å². The fourth-order valence-electron chi connectivity index (χ4n) is 1.54. The lowest BCUT2D eigenvalue weighted by atomic mass is 10.1. The Balaban J connectivity index is 3.07. The van der Waals surface area contributed by atoms with Crippen molar-refractivity contribution in [1.29, 1.82) is 0 Å². The van der Waals surface area contributed by atoms with Gasteiger partial charge in [0, 0.05) is 11.8 Å². The van der Waals surface area contributed by atoms with Crippen molar-refractivity contribution < 1.29 is 0 Å².